The summed E-state index contributed by atoms with van der Waals surface area (Å²) in [5.74, 6) is -0.971. The number of likely N-dealkylation sites (N-methyl/N-ethyl adjacent to an activating group) is 1. The summed E-state index contributed by atoms with van der Waals surface area (Å²) >= 11 is 0. The Hall–Kier alpha value is -1.23. The molecule has 0 bridgehead atoms. The van der Waals surface area contributed by atoms with Gasteiger partial charge in [-0.3, -0.25) is 0 Å². The Balaban J connectivity index is 2.16. The summed E-state index contributed by atoms with van der Waals surface area (Å²) in [5, 5.41) is 3.17. The lowest BCUT2D eigenvalue weighted by atomic mass is 10.1. The van der Waals surface area contributed by atoms with Gasteiger partial charge in [-0.05, 0) is 19.9 Å². The van der Waals surface area contributed by atoms with Gasteiger partial charge in [-0.2, -0.15) is 0 Å². The molecule has 1 aromatic rings. The molecule has 1 saturated heterocycles. The van der Waals surface area contributed by atoms with Crippen molar-refractivity contribution in [1.82, 2.24) is 10.3 Å². The van der Waals surface area contributed by atoms with Crippen molar-refractivity contribution in [2.24, 2.45) is 0 Å². The lowest BCUT2D eigenvalue weighted by Gasteiger charge is -2.33. The summed E-state index contributed by atoms with van der Waals surface area (Å²) in [5.41, 5.74) is 0. The van der Waals surface area contributed by atoms with Crippen LogP contribution in [-0.4, -0.2) is 31.2 Å². The van der Waals surface area contributed by atoms with Gasteiger partial charge in [0.25, 0.3) is 0 Å². The Kier molecular flexibility index (Phi) is 3.33. The highest BCUT2D eigenvalue weighted by atomic mass is 19.1. The minimum atomic E-state index is -0.636. The zero-order valence-electron chi connectivity index (χ0n) is 9.21. The predicted molar refractivity (Wildman–Crippen MR) is 58.4 cm³/mol. The lowest BCUT2D eigenvalue weighted by molar-refractivity contribution is 0.441. The molecule has 1 aromatic heterocycles. The summed E-state index contributed by atoms with van der Waals surface area (Å²) in [6.45, 7) is 1.49. The first kappa shape index (κ1) is 11.3. The number of anilines is 1. The number of hydrogen-bond acceptors (Lipinski definition) is 3. The number of rotatable bonds is 2. The smallest absolute Gasteiger partial charge is 0.168 e. The molecule has 88 valence electrons. The van der Waals surface area contributed by atoms with Crippen LogP contribution in [0.4, 0.5) is 14.6 Å². The highest BCUT2D eigenvalue weighted by molar-refractivity contribution is 5.40. The number of nitrogens with zero attached hydrogens (tertiary/aromatic N) is 2. The maximum Gasteiger partial charge on any atom is 0.168 e. The van der Waals surface area contributed by atoms with Crippen molar-refractivity contribution in [3.8, 4) is 0 Å². The van der Waals surface area contributed by atoms with Crippen LogP contribution in [0.15, 0.2) is 12.3 Å². The Morgan fingerprint density at radius 1 is 1.50 bits per heavy atom. The van der Waals surface area contributed by atoms with Gasteiger partial charge in [-0.15, -0.1) is 0 Å². The molecule has 5 heteroatoms. The van der Waals surface area contributed by atoms with Gasteiger partial charge in [0, 0.05) is 25.2 Å². The Morgan fingerprint density at radius 3 is 3.00 bits per heavy atom. The van der Waals surface area contributed by atoms with Gasteiger partial charge < -0.3 is 10.2 Å². The van der Waals surface area contributed by atoms with E-state index in [9.17, 15) is 8.78 Å². The molecule has 1 unspecified atom stereocenters. The molecule has 0 amide bonds. The molecule has 1 aliphatic rings. The van der Waals surface area contributed by atoms with Crippen molar-refractivity contribution >= 4 is 5.82 Å². The van der Waals surface area contributed by atoms with Crippen LogP contribution < -0.4 is 10.2 Å². The van der Waals surface area contributed by atoms with Crippen LogP contribution in [0, 0.1) is 11.6 Å². The summed E-state index contributed by atoms with van der Waals surface area (Å²) in [7, 11) is 1.89. The predicted octanol–water partition coefficient (Wildman–Crippen LogP) is 1.55. The van der Waals surface area contributed by atoms with Crippen LogP contribution in [0.2, 0.25) is 0 Å². The molecule has 1 fully saturated rings. The third-order valence-corrected chi connectivity index (χ3v) is 2.92. The second kappa shape index (κ2) is 4.74. The first-order chi connectivity index (χ1) is 7.70. The highest BCUT2D eigenvalue weighted by Crippen LogP contribution is 2.21. The van der Waals surface area contributed by atoms with E-state index in [1.165, 1.54) is 0 Å². The molecule has 16 heavy (non-hydrogen) atoms. The van der Waals surface area contributed by atoms with Crippen molar-refractivity contribution < 1.29 is 8.78 Å². The van der Waals surface area contributed by atoms with Gasteiger partial charge in [0.1, 0.15) is 5.82 Å². The highest BCUT2D eigenvalue weighted by Gasteiger charge is 2.21. The van der Waals surface area contributed by atoms with Gasteiger partial charge in [0.15, 0.2) is 11.6 Å². The summed E-state index contributed by atoms with van der Waals surface area (Å²) < 4.78 is 26.2. The summed E-state index contributed by atoms with van der Waals surface area (Å²) in [6.07, 6.45) is 3.13. The Bertz CT molecular complexity index is 370. The average molecular weight is 227 g/mol. The van der Waals surface area contributed by atoms with Crippen molar-refractivity contribution in [3.05, 3.63) is 23.9 Å². The van der Waals surface area contributed by atoms with E-state index in [2.05, 4.69) is 10.3 Å². The van der Waals surface area contributed by atoms with E-state index < -0.39 is 11.6 Å². The van der Waals surface area contributed by atoms with Gasteiger partial charge in [0.05, 0.1) is 6.20 Å². The van der Waals surface area contributed by atoms with Crippen LogP contribution in [-0.2, 0) is 0 Å². The van der Waals surface area contributed by atoms with E-state index in [1.807, 2.05) is 11.9 Å². The van der Waals surface area contributed by atoms with Crippen molar-refractivity contribution in [2.45, 2.75) is 18.9 Å². The summed E-state index contributed by atoms with van der Waals surface area (Å²) in [6, 6.07) is 1.23. The molecule has 2 rings (SSSR count). The van der Waals surface area contributed by atoms with Gasteiger partial charge in [0.2, 0.25) is 0 Å². The van der Waals surface area contributed by atoms with Gasteiger partial charge >= 0.3 is 0 Å². The van der Waals surface area contributed by atoms with Crippen LogP contribution in [0.25, 0.3) is 0 Å². The molecular weight excluding hydrogens is 212 g/mol. The van der Waals surface area contributed by atoms with E-state index in [0.717, 1.165) is 31.6 Å². The van der Waals surface area contributed by atoms with Crippen LogP contribution >= 0.6 is 0 Å². The number of halogens is 2. The number of hydrogen-bond donors (Lipinski definition) is 1. The lowest BCUT2D eigenvalue weighted by Crippen LogP contribution is -2.45. The molecule has 0 aromatic carbocycles. The van der Waals surface area contributed by atoms with E-state index in [-0.39, 0.29) is 5.82 Å². The second-order valence-corrected chi connectivity index (χ2v) is 4.03. The molecule has 0 aliphatic carbocycles. The minimum absolute atomic E-state index is 0.251. The monoisotopic (exact) mass is 227 g/mol. The molecule has 1 atom stereocenters. The van der Waals surface area contributed by atoms with E-state index >= 15 is 0 Å². The number of nitrogens with one attached hydrogen (secondary N) is 1. The maximum absolute atomic E-state index is 13.5. The zero-order valence-corrected chi connectivity index (χ0v) is 9.21. The van der Waals surface area contributed by atoms with E-state index in [4.69, 9.17) is 0 Å². The normalized spacial score (nSPS) is 21.2. The third-order valence-electron chi connectivity index (χ3n) is 2.92. The van der Waals surface area contributed by atoms with Crippen LogP contribution in [0.5, 0.6) is 0 Å². The Morgan fingerprint density at radius 2 is 2.31 bits per heavy atom. The van der Waals surface area contributed by atoms with Crippen LogP contribution in [0.3, 0.4) is 0 Å². The quantitative estimate of drug-likeness (QED) is 0.830. The number of aromatic nitrogens is 1. The molecule has 0 radical (unpaired) electrons. The van der Waals surface area contributed by atoms with Gasteiger partial charge in [-0.1, -0.05) is 0 Å². The number of piperidine rings is 1. The molecule has 1 aliphatic heterocycles. The topological polar surface area (TPSA) is 28.2 Å². The average Bonchev–Trinajstić information content (AvgIpc) is 2.29. The standard InChI is InChI=1S/C11H15F2N3/c1-14-9-3-2-4-16(7-9)11-10(13)5-8(12)6-15-11/h5-6,9,14H,2-4,7H2,1H3. The van der Waals surface area contributed by atoms with E-state index in [1.54, 1.807) is 0 Å². The fraction of sp³-hybridized carbons (Fsp3) is 0.545. The van der Waals surface area contributed by atoms with E-state index in [0.29, 0.717) is 12.6 Å². The number of pyridine rings is 1. The Labute approximate surface area is 93.5 Å². The molecule has 0 spiro atoms. The van der Waals surface area contributed by atoms with Crippen molar-refractivity contribution in [3.63, 3.8) is 0 Å². The molecule has 3 nitrogen and oxygen atoms in total. The minimum Gasteiger partial charge on any atom is -0.353 e. The fourth-order valence-electron chi connectivity index (χ4n) is 2.05. The van der Waals surface area contributed by atoms with Crippen LogP contribution in [0.1, 0.15) is 12.8 Å². The zero-order chi connectivity index (χ0) is 11.5. The molecule has 0 saturated carbocycles. The molecule has 2 heterocycles. The SMILES string of the molecule is CNC1CCCN(c2ncc(F)cc2F)C1. The third kappa shape index (κ3) is 2.29. The van der Waals surface area contributed by atoms with Crippen molar-refractivity contribution in [2.75, 3.05) is 25.0 Å². The van der Waals surface area contributed by atoms with Gasteiger partial charge in [-0.25, -0.2) is 13.8 Å². The second-order valence-electron chi connectivity index (χ2n) is 4.03. The largest absolute Gasteiger partial charge is 0.353 e. The maximum atomic E-state index is 13.5. The fourth-order valence-corrected chi connectivity index (χ4v) is 2.05. The first-order valence-electron chi connectivity index (χ1n) is 5.44. The molecular formula is C11H15F2N3. The van der Waals surface area contributed by atoms with Crippen molar-refractivity contribution in [1.29, 1.82) is 0 Å². The molecule has 1 N–H and O–H groups in total. The summed E-state index contributed by atoms with van der Waals surface area (Å²) in [4.78, 5) is 5.68. The first-order valence-corrected chi connectivity index (χ1v) is 5.44.